The molecule has 1 aliphatic heterocycles. The summed E-state index contributed by atoms with van der Waals surface area (Å²) in [6.07, 6.45) is 12.7. The molecule has 0 unspecified atom stereocenters. The fourth-order valence-electron chi connectivity index (χ4n) is 2.91. The minimum Gasteiger partial charge on any atom is -0.379 e. The summed E-state index contributed by atoms with van der Waals surface area (Å²) in [4.78, 5) is 24.1. The summed E-state index contributed by atoms with van der Waals surface area (Å²) in [7, 11) is 0. The van der Waals surface area contributed by atoms with E-state index in [2.05, 4.69) is 0 Å². The van der Waals surface area contributed by atoms with Crippen molar-refractivity contribution in [1.82, 2.24) is 4.90 Å². The monoisotopic (exact) mass is 398 g/mol. The van der Waals surface area contributed by atoms with Crippen molar-refractivity contribution in [3.8, 4) is 0 Å². The molecule has 1 rings (SSSR count). The maximum atomic E-state index is 11.4. The Balaban J connectivity index is 1.70. The smallest absolute Gasteiger partial charge is 0.253 e. The van der Waals surface area contributed by atoms with Gasteiger partial charge in [0.2, 0.25) is 0 Å². The van der Waals surface area contributed by atoms with Crippen LogP contribution in [0.25, 0.3) is 0 Å². The Morgan fingerprint density at radius 2 is 1.04 bits per heavy atom. The molecule has 2 amide bonds. The average Bonchev–Trinajstić information content (AvgIpc) is 3.01. The first-order valence-corrected chi connectivity index (χ1v) is 10.7. The zero-order valence-corrected chi connectivity index (χ0v) is 17.2. The van der Waals surface area contributed by atoms with E-state index in [1.54, 1.807) is 0 Å². The summed E-state index contributed by atoms with van der Waals surface area (Å²) in [5.41, 5.74) is 5.38. The Labute approximate surface area is 169 Å². The molecule has 28 heavy (non-hydrogen) atoms. The molecule has 0 saturated carbocycles. The maximum absolute atomic E-state index is 11.4. The lowest BCUT2D eigenvalue weighted by Crippen LogP contribution is -2.30. The molecule has 0 fully saturated rings. The molecule has 0 bridgehead atoms. The first-order chi connectivity index (χ1) is 13.8. The van der Waals surface area contributed by atoms with Crippen LogP contribution in [0.5, 0.6) is 0 Å². The molecule has 0 atom stereocenters. The van der Waals surface area contributed by atoms with E-state index in [1.165, 1.54) is 42.7 Å². The van der Waals surface area contributed by atoms with Crippen LogP contribution >= 0.6 is 0 Å². The molecule has 0 spiro atoms. The van der Waals surface area contributed by atoms with Crippen molar-refractivity contribution in [3.05, 3.63) is 12.2 Å². The van der Waals surface area contributed by atoms with Crippen molar-refractivity contribution in [2.75, 3.05) is 52.7 Å². The number of carbonyl (C=O) groups is 2. The molecule has 7 nitrogen and oxygen atoms in total. The number of hydrogen-bond donors (Lipinski definition) is 1. The predicted molar refractivity (Wildman–Crippen MR) is 109 cm³/mol. The second-order valence-corrected chi connectivity index (χ2v) is 6.97. The Morgan fingerprint density at radius 3 is 1.57 bits per heavy atom. The molecule has 7 heteroatoms. The predicted octanol–water partition coefficient (Wildman–Crippen LogP) is 2.43. The molecular weight excluding hydrogens is 360 g/mol. The van der Waals surface area contributed by atoms with Gasteiger partial charge in [-0.2, -0.15) is 0 Å². The van der Waals surface area contributed by atoms with Gasteiger partial charge in [-0.15, -0.1) is 0 Å². The summed E-state index contributed by atoms with van der Waals surface area (Å²) in [6, 6.07) is 0. The molecule has 162 valence electrons. The highest BCUT2D eigenvalue weighted by atomic mass is 16.5. The summed E-state index contributed by atoms with van der Waals surface area (Å²) in [5.74, 6) is -0.350. The van der Waals surface area contributed by atoms with Gasteiger partial charge < -0.3 is 19.9 Å². The molecule has 0 aromatic heterocycles. The number of unbranched alkanes of at least 4 members (excludes halogenated alkanes) is 7. The van der Waals surface area contributed by atoms with Crippen molar-refractivity contribution in [1.29, 1.82) is 0 Å². The van der Waals surface area contributed by atoms with E-state index in [1.807, 2.05) is 0 Å². The minimum atomic E-state index is -0.175. The quantitative estimate of drug-likeness (QED) is 0.250. The van der Waals surface area contributed by atoms with Crippen LogP contribution in [-0.4, -0.2) is 69.4 Å². The van der Waals surface area contributed by atoms with Crippen molar-refractivity contribution < 1.29 is 23.8 Å². The molecule has 0 radical (unpaired) electrons. The molecule has 0 aromatic carbocycles. The summed E-state index contributed by atoms with van der Waals surface area (Å²) in [6.45, 7) is 5.19. The van der Waals surface area contributed by atoms with E-state index >= 15 is 0 Å². The third-order valence-electron chi connectivity index (χ3n) is 4.56. The summed E-state index contributed by atoms with van der Waals surface area (Å²) >= 11 is 0. The van der Waals surface area contributed by atoms with Crippen LogP contribution in [0.3, 0.4) is 0 Å². The fourth-order valence-corrected chi connectivity index (χ4v) is 2.91. The molecular formula is C21H38N2O5. The van der Waals surface area contributed by atoms with Gasteiger partial charge in [-0.25, -0.2) is 0 Å². The zero-order chi connectivity index (χ0) is 20.3. The maximum Gasteiger partial charge on any atom is 0.253 e. The summed E-state index contributed by atoms with van der Waals surface area (Å²) in [5, 5.41) is 0. The van der Waals surface area contributed by atoms with E-state index in [0.29, 0.717) is 46.1 Å². The molecule has 2 N–H and O–H groups in total. The fraction of sp³-hybridized carbons (Fsp3) is 0.810. The second kappa shape index (κ2) is 17.8. The number of hydrogen-bond acceptors (Lipinski definition) is 6. The minimum absolute atomic E-state index is 0.175. The van der Waals surface area contributed by atoms with E-state index in [-0.39, 0.29) is 11.8 Å². The number of rotatable bonds is 20. The lowest BCUT2D eigenvalue weighted by atomic mass is 10.1. The number of imide groups is 1. The van der Waals surface area contributed by atoms with Crippen LogP contribution < -0.4 is 5.73 Å². The van der Waals surface area contributed by atoms with Gasteiger partial charge in [-0.05, 0) is 25.8 Å². The van der Waals surface area contributed by atoms with E-state index in [4.69, 9.17) is 19.9 Å². The highest BCUT2D eigenvalue weighted by Gasteiger charge is 2.21. The average molecular weight is 399 g/mol. The number of amides is 2. The van der Waals surface area contributed by atoms with Crippen LogP contribution in [0, 0.1) is 0 Å². The highest BCUT2D eigenvalue weighted by molar-refractivity contribution is 6.12. The first kappa shape index (κ1) is 24.8. The standard InChI is InChI=1S/C21H38N2O5/c22-12-9-15-27-17-19-28-18-16-26-14-8-6-4-2-1-3-5-7-13-23-20(24)10-11-21(23)25/h10-11H,1-9,12-19,22H2. The lowest BCUT2D eigenvalue weighted by Gasteiger charge is -2.13. The topological polar surface area (TPSA) is 91.1 Å². The van der Waals surface area contributed by atoms with Gasteiger partial charge in [0, 0.05) is 31.9 Å². The van der Waals surface area contributed by atoms with Gasteiger partial charge in [-0.3, -0.25) is 14.5 Å². The van der Waals surface area contributed by atoms with Crippen molar-refractivity contribution in [2.45, 2.75) is 57.8 Å². The van der Waals surface area contributed by atoms with Crippen molar-refractivity contribution in [3.63, 3.8) is 0 Å². The zero-order valence-electron chi connectivity index (χ0n) is 17.2. The van der Waals surface area contributed by atoms with Crippen LogP contribution in [0.1, 0.15) is 57.8 Å². The molecule has 0 aromatic rings. The van der Waals surface area contributed by atoms with E-state index in [0.717, 1.165) is 38.7 Å². The summed E-state index contributed by atoms with van der Waals surface area (Å²) < 4.78 is 16.3. The van der Waals surface area contributed by atoms with Gasteiger partial charge in [0.1, 0.15) is 0 Å². The van der Waals surface area contributed by atoms with Crippen molar-refractivity contribution >= 4 is 11.8 Å². The molecule has 0 saturated heterocycles. The highest BCUT2D eigenvalue weighted by Crippen LogP contribution is 2.11. The van der Waals surface area contributed by atoms with Crippen LogP contribution in [0.15, 0.2) is 12.2 Å². The third-order valence-corrected chi connectivity index (χ3v) is 4.56. The van der Waals surface area contributed by atoms with Gasteiger partial charge in [0.05, 0.1) is 26.4 Å². The normalized spacial score (nSPS) is 13.8. The third kappa shape index (κ3) is 13.0. The van der Waals surface area contributed by atoms with E-state index < -0.39 is 0 Å². The Hall–Kier alpha value is -1.28. The van der Waals surface area contributed by atoms with Crippen LogP contribution in [0.2, 0.25) is 0 Å². The largest absolute Gasteiger partial charge is 0.379 e. The van der Waals surface area contributed by atoms with Crippen LogP contribution in [-0.2, 0) is 23.8 Å². The number of nitrogens with two attached hydrogens (primary N) is 1. The van der Waals surface area contributed by atoms with Gasteiger partial charge >= 0.3 is 0 Å². The Bertz CT molecular complexity index is 425. The molecule has 1 aliphatic rings. The van der Waals surface area contributed by atoms with E-state index in [9.17, 15) is 9.59 Å². The van der Waals surface area contributed by atoms with Gasteiger partial charge in [-0.1, -0.05) is 38.5 Å². The molecule has 0 aliphatic carbocycles. The Kier molecular flexibility index (Phi) is 15.7. The first-order valence-electron chi connectivity index (χ1n) is 10.7. The van der Waals surface area contributed by atoms with Crippen LogP contribution in [0.4, 0.5) is 0 Å². The number of carbonyl (C=O) groups excluding carboxylic acids is 2. The van der Waals surface area contributed by atoms with Gasteiger partial charge in [0.15, 0.2) is 0 Å². The SMILES string of the molecule is NCCCOCCOCCOCCCCCCCCCCN1C(=O)C=CC1=O. The van der Waals surface area contributed by atoms with Gasteiger partial charge in [0.25, 0.3) is 11.8 Å². The number of nitrogens with zero attached hydrogens (tertiary/aromatic N) is 1. The van der Waals surface area contributed by atoms with Crippen molar-refractivity contribution in [2.24, 2.45) is 5.73 Å². The number of ether oxygens (including phenoxy) is 3. The second-order valence-electron chi connectivity index (χ2n) is 6.97. The Morgan fingerprint density at radius 1 is 0.607 bits per heavy atom. The lowest BCUT2D eigenvalue weighted by molar-refractivity contribution is -0.136. The molecule has 1 heterocycles.